The first-order valence-electron chi connectivity index (χ1n) is 13.3. The number of aromatic amines is 1. The monoisotopic (exact) mass is 558 g/mol. The fraction of sp³-hybridized carbons (Fsp3) is 0.310. The number of amides is 2. The summed E-state index contributed by atoms with van der Waals surface area (Å²) in [5.41, 5.74) is 9.84. The van der Waals surface area contributed by atoms with Crippen molar-refractivity contribution in [3.8, 4) is 22.5 Å². The average Bonchev–Trinajstić information content (AvgIpc) is 3.53. The average molecular weight is 559 g/mol. The van der Waals surface area contributed by atoms with Crippen LogP contribution in [0, 0.1) is 11.8 Å². The smallest absolute Gasteiger partial charge is 0.247 e. The molecular weight excluding hydrogens is 528 g/mol. The van der Waals surface area contributed by atoms with E-state index in [1.807, 2.05) is 24.3 Å². The zero-order chi connectivity index (χ0) is 27.9. The number of pyridine rings is 1. The van der Waals surface area contributed by atoms with Gasteiger partial charge in [-0.15, -0.1) is 10.2 Å². The highest BCUT2D eigenvalue weighted by atomic mass is 35.5. The number of nitrogens with zero attached hydrogens (tertiary/aromatic N) is 4. The van der Waals surface area contributed by atoms with Crippen LogP contribution >= 0.6 is 11.6 Å². The van der Waals surface area contributed by atoms with E-state index in [-0.39, 0.29) is 17.7 Å². The first-order chi connectivity index (χ1) is 19.5. The van der Waals surface area contributed by atoms with Gasteiger partial charge in [-0.1, -0.05) is 35.9 Å². The molecule has 206 valence electrons. The van der Waals surface area contributed by atoms with Crippen LogP contribution < -0.4 is 16.4 Å². The topological polar surface area (TPSA) is 152 Å². The van der Waals surface area contributed by atoms with Crippen LogP contribution in [0.25, 0.3) is 22.5 Å². The molecule has 0 aliphatic heterocycles. The molecule has 2 aromatic heterocycles. The third-order valence-electron chi connectivity index (χ3n) is 7.41. The minimum absolute atomic E-state index is 0.0955. The van der Waals surface area contributed by atoms with Gasteiger partial charge >= 0.3 is 0 Å². The number of carbonyl (C=O) groups excluding carboxylic acids is 2. The van der Waals surface area contributed by atoms with E-state index in [1.165, 1.54) is 0 Å². The number of carbonyl (C=O) groups is 2. The number of rotatable bonds is 9. The summed E-state index contributed by atoms with van der Waals surface area (Å²) in [5, 5.41) is 20.5. The molecule has 2 aromatic carbocycles. The van der Waals surface area contributed by atoms with Crippen molar-refractivity contribution in [3.05, 3.63) is 77.6 Å². The van der Waals surface area contributed by atoms with Crippen molar-refractivity contribution in [1.82, 2.24) is 30.9 Å². The number of hydrogen-bond donors (Lipinski definition) is 4. The lowest BCUT2D eigenvalue weighted by Crippen LogP contribution is -2.48. The van der Waals surface area contributed by atoms with Crippen LogP contribution in [0.4, 0.5) is 5.69 Å². The van der Waals surface area contributed by atoms with E-state index in [2.05, 4.69) is 36.2 Å². The number of nitrogens with one attached hydrogen (secondary N) is 3. The van der Waals surface area contributed by atoms with Crippen LogP contribution in [-0.4, -0.2) is 50.0 Å². The molecule has 0 bridgehead atoms. The van der Waals surface area contributed by atoms with Crippen LogP contribution in [0.2, 0.25) is 5.02 Å². The fourth-order valence-electron chi connectivity index (χ4n) is 5.02. The van der Waals surface area contributed by atoms with Crippen molar-refractivity contribution in [2.75, 3.05) is 11.9 Å². The van der Waals surface area contributed by atoms with Crippen LogP contribution in [0.3, 0.4) is 0 Å². The summed E-state index contributed by atoms with van der Waals surface area (Å²) in [6, 6.07) is 15.9. The van der Waals surface area contributed by atoms with Crippen molar-refractivity contribution < 1.29 is 9.59 Å². The quantitative estimate of drug-likeness (QED) is 0.242. The SMILES string of the molecule is NCC1CCC(C(=O)NC(Cc2ccc(-c3cnccc3Cl)cc2)C(=O)Nc2ccc(-c3nn[nH]n3)cc2)CC1. The number of benzene rings is 2. The zero-order valence-electron chi connectivity index (χ0n) is 21.9. The normalized spacial score (nSPS) is 17.6. The van der Waals surface area contributed by atoms with E-state index in [0.717, 1.165) is 47.9 Å². The summed E-state index contributed by atoms with van der Waals surface area (Å²) in [6.07, 6.45) is 7.11. The lowest BCUT2D eigenvalue weighted by atomic mass is 9.81. The third kappa shape index (κ3) is 6.70. The van der Waals surface area contributed by atoms with E-state index in [9.17, 15) is 9.59 Å². The van der Waals surface area contributed by atoms with Crippen LogP contribution in [-0.2, 0) is 16.0 Å². The van der Waals surface area contributed by atoms with Gasteiger partial charge in [-0.3, -0.25) is 14.6 Å². The number of anilines is 1. The molecule has 0 saturated heterocycles. The second kappa shape index (κ2) is 12.8. The maximum Gasteiger partial charge on any atom is 0.247 e. The lowest BCUT2D eigenvalue weighted by molar-refractivity contribution is -0.130. The second-order valence-electron chi connectivity index (χ2n) is 10.1. The number of tetrazole rings is 1. The highest BCUT2D eigenvalue weighted by Gasteiger charge is 2.29. The minimum Gasteiger partial charge on any atom is -0.344 e. The number of halogens is 1. The van der Waals surface area contributed by atoms with Gasteiger partial charge in [-0.05, 0) is 84.8 Å². The largest absolute Gasteiger partial charge is 0.344 e. The van der Waals surface area contributed by atoms with Gasteiger partial charge in [-0.2, -0.15) is 5.21 Å². The molecule has 1 atom stereocenters. The summed E-state index contributed by atoms with van der Waals surface area (Å²) in [5.74, 6) is 0.411. The third-order valence-corrected chi connectivity index (χ3v) is 7.74. The molecule has 1 unspecified atom stereocenters. The maximum absolute atomic E-state index is 13.5. The molecule has 4 aromatic rings. The Morgan fingerprint density at radius 1 is 1.00 bits per heavy atom. The Morgan fingerprint density at radius 2 is 1.73 bits per heavy atom. The Kier molecular flexibility index (Phi) is 8.78. The van der Waals surface area contributed by atoms with Crippen molar-refractivity contribution >= 4 is 29.1 Å². The number of hydrogen-bond acceptors (Lipinski definition) is 7. The van der Waals surface area contributed by atoms with Crippen LogP contribution in [0.15, 0.2) is 67.0 Å². The van der Waals surface area contributed by atoms with E-state index in [4.69, 9.17) is 17.3 Å². The van der Waals surface area contributed by atoms with Gasteiger partial charge in [0.2, 0.25) is 17.6 Å². The Balaban J connectivity index is 1.30. The molecule has 5 N–H and O–H groups in total. The van der Waals surface area contributed by atoms with Gasteiger partial charge in [0, 0.05) is 41.5 Å². The number of aromatic nitrogens is 5. The molecule has 0 radical (unpaired) electrons. The van der Waals surface area contributed by atoms with Gasteiger partial charge < -0.3 is 16.4 Å². The summed E-state index contributed by atoms with van der Waals surface area (Å²) < 4.78 is 0. The second-order valence-corrected chi connectivity index (χ2v) is 10.5. The van der Waals surface area contributed by atoms with Gasteiger partial charge in [0.25, 0.3) is 0 Å². The summed E-state index contributed by atoms with van der Waals surface area (Å²) in [7, 11) is 0. The van der Waals surface area contributed by atoms with E-state index >= 15 is 0 Å². The highest BCUT2D eigenvalue weighted by Crippen LogP contribution is 2.29. The van der Waals surface area contributed by atoms with Gasteiger partial charge in [-0.25, -0.2) is 0 Å². The molecule has 0 spiro atoms. The molecule has 5 rings (SSSR count). The van der Waals surface area contributed by atoms with Crippen molar-refractivity contribution in [2.45, 2.75) is 38.1 Å². The first kappa shape index (κ1) is 27.4. The number of H-pyrrole nitrogens is 1. The highest BCUT2D eigenvalue weighted by molar-refractivity contribution is 6.33. The van der Waals surface area contributed by atoms with Crippen LogP contribution in [0.5, 0.6) is 0 Å². The van der Waals surface area contributed by atoms with Crippen LogP contribution in [0.1, 0.15) is 31.2 Å². The molecular formula is C29H31ClN8O2. The lowest BCUT2D eigenvalue weighted by Gasteiger charge is -2.28. The van der Waals surface area contributed by atoms with E-state index in [1.54, 1.807) is 42.7 Å². The van der Waals surface area contributed by atoms with E-state index in [0.29, 0.717) is 35.4 Å². The standard InChI is InChI=1S/C29H31ClN8O2/c30-25-13-14-32-17-24(25)20-5-1-18(2-6-20)15-26(34-28(39)22-7-3-19(16-31)4-8-22)29(40)33-23-11-9-21(10-12-23)27-35-37-38-36-27/h1-2,5-6,9-14,17,19,22,26H,3-4,7-8,15-16,31H2,(H,33,40)(H,34,39)(H,35,36,37,38). The molecule has 10 nitrogen and oxygen atoms in total. The van der Waals surface area contributed by atoms with Gasteiger partial charge in [0.15, 0.2) is 0 Å². The maximum atomic E-state index is 13.5. The van der Waals surface area contributed by atoms with Crippen molar-refractivity contribution in [2.24, 2.45) is 17.6 Å². The molecule has 40 heavy (non-hydrogen) atoms. The number of nitrogens with two attached hydrogens (primary N) is 1. The Labute approximate surface area is 237 Å². The van der Waals surface area contributed by atoms with Crippen molar-refractivity contribution in [3.63, 3.8) is 0 Å². The first-order valence-corrected chi connectivity index (χ1v) is 13.7. The minimum atomic E-state index is -0.760. The zero-order valence-corrected chi connectivity index (χ0v) is 22.6. The molecule has 2 heterocycles. The Bertz CT molecular complexity index is 1420. The predicted molar refractivity (Wildman–Crippen MR) is 153 cm³/mol. The van der Waals surface area contributed by atoms with Crippen molar-refractivity contribution in [1.29, 1.82) is 0 Å². The molecule has 2 amide bonds. The molecule has 1 aliphatic rings. The Morgan fingerprint density at radius 3 is 2.38 bits per heavy atom. The predicted octanol–water partition coefficient (Wildman–Crippen LogP) is 4.01. The molecule has 11 heteroatoms. The summed E-state index contributed by atoms with van der Waals surface area (Å²) >= 11 is 6.33. The fourth-order valence-corrected chi connectivity index (χ4v) is 5.24. The van der Waals surface area contributed by atoms with E-state index < -0.39 is 6.04 Å². The van der Waals surface area contributed by atoms with Gasteiger partial charge in [0.1, 0.15) is 6.04 Å². The summed E-state index contributed by atoms with van der Waals surface area (Å²) in [4.78, 5) is 30.9. The summed E-state index contributed by atoms with van der Waals surface area (Å²) in [6.45, 7) is 0.644. The van der Waals surface area contributed by atoms with Gasteiger partial charge in [0.05, 0.1) is 5.02 Å². The Hall–Kier alpha value is -4.15. The molecule has 1 aliphatic carbocycles. The molecule has 1 saturated carbocycles. The molecule has 1 fully saturated rings.